The second kappa shape index (κ2) is 7.55. The van der Waals surface area contributed by atoms with E-state index in [0.29, 0.717) is 51.1 Å². The van der Waals surface area contributed by atoms with Crippen LogP contribution in [0.5, 0.6) is 0 Å². The zero-order chi connectivity index (χ0) is 18.9. The molecule has 2 saturated heterocycles. The SMILES string of the molecule is CN1CCN(S(=O)(=O)N2CCN(c3noc(-c4ccccc4)n3)CC2)CC1. The second-order valence-electron chi connectivity index (χ2n) is 6.86. The molecule has 9 nitrogen and oxygen atoms in total. The molecule has 0 aliphatic carbocycles. The first-order valence-corrected chi connectivity index (χ1v) is 10.5. The Labute approximate surface area is 159 Å². The lowest BCUT2D eigenvalue weighted by Gasteiger charge is -2.38. The van der Waals surface area contributed by atoms with Gasteiger partial charge in [-0.1, -0.05) is 18.2 Å². The molecule has 146 valence electrons. The minimum atomic E-state index is -3.40. The molecule has 0 radical (unpaired) electrons. The summed E-state index contributed by atoms with van der Waals surface area (Å²) < 4.78 is 34.2. The molecule has 3 heterocycles. The van der Waals surface area contributed by atoms with E-state index in [4.69, 9.17) is 4.52 Å². The van der Waals surface area contributed by atoms with Crippen molar-refractivity contribution in [2.45, 2.75) is 0 Å². The fourth-order valence-corrected chi connectivity index (χ4v) is 4.92. The van der Waals surface area contributed by atoms with Gasteiger partial charge in [0.25, 0.3) is 22.0 Å². The molecule has 2 aliphatic heterocycles. The van der Waals surface area contributed by atoms with Crippen molar-refractivity contribution in [2.75, 3.05) is 64.3 Å². The number of benzene rings is 1. The quantitative estimate of drug-likeness (QED) is 0.742. The predicted molar refractivity (Wildman–Crippen MR) is 102 cm³/mol. The molecule has 0 N–H and O–H groups in total. The van der Waals surface area contributed by atoms with Gasteiger partial charge in [-0.3, -0.25) is 0 Å². The number of likely N-dealkylation sites (N-methyl/N-ethyl adjacent to an activating group) is 1. The van der Waals surface area contributed by atoms with Gasteiger partial charge < -0.3 is 14.3 Å². The lowest BCUT2D eigenvalue weighted by Crippen LogP contribution is -2.56. The minimum absolute atomic E-state index is 0.421. The van der Waals surface area contributed by atoms with Gasteiger partial charge in [-0.05, 0) is 24.3 Å². The highest BCUT2D eigenvalue weighted by atomic mass is 32.2. The van der Waals surface area contributed by atoms with Crippen LogP contribution in [0.4, 0.5) is 5.95 Å². The summed E-state index contributed by atoms with van der Waals surface area (Å²) in [6, 6.07) is 9.60. The topological polar surface area (TPSA) is 86.0 Å². The van der Waals surface area contributed by atoms with E-state index in [1.54, 1.807) is 8.61 Å². The summed E-state index contributed by atoms with van der Waals surface area (Å²) in [5.41, 5.74) is 0.868. The Morgan fingerprint density at radius 1 is 0.889 bits per heavy atom. The zero-order valence-corrected chi connectivity index (χ0v) is 16.2. The predicted octanol–water partition coefficient (Wildman–Crippen LogP) is 0.351. The molecule has 4 rings (SSSR count). The Morgan fingerprint density at radius 3 is 2.11 bits per heavy atom. The third-order valence-corrected chi connectivity index (χ3v) is 7.11. The van der Waals surface area contributed by atoms with E-state index in [9.17, 15) is 8.42 Å². The molecule has 0 atom stereocenters. The normalized spacial score (nSPS) is 20.9. The number of aromatic nitrogens is 2. The first-order valence-electron chi connectivity index (χ1n) is 9.12. The van der Waals surface area contributed by atoms with E-state index in [2.05, 4.69) is 15.0 Å². The van der Waals surface area contributed by atoms with Crippen molar-refractivity contribution in [3.8, 4) is 11.5 Å². The number of nitrogens with zero attached hydrogens (tertiary/aromatic N) is 6. The van der Waals surface area contributed by atoms with Gasteiger partial charge in [0.1, 0.15) is 0 Å². The molecule has 0 saturated carbocycles. The Hall–Kier alpha value is -2.01. The van der Waals surface area contributed by atoms with E-state index in [0.717, 1.165) is 18.7 Å². The van der Waals surface area contributed by atoms with Crippen LogP contribution < -0.4 is 4.90 Å². The van der Waals surface area contributed by atoms with Crippen LogP contribution >= 0.6 is 0 Å². The third kappa shape index (κ3) is 3.84. The summed E-state index contributed by atoms with van der Waals surface area (Å²) >= 11 is 0. The number of piperazine rings is 2. The van der Waals surface area contributed by atoms with Crippen molar-refractivity contribution >= 4 is 16.2 Å². The number of hydrogen-bond donors (Lipinski definition) is 0. The monoisotopic (exact) mass is 392 g/mol. The molecule has 0 spiro atoms. The van der Waals surface area contributed by atoms with Crippen LogP contribution in [0.3, 0.4) is 0 Å². The molecule has 0 unspecified atom stereocenters. The largest absolute Gasteiger partial charge is 0.336 e. The molecular formula is C17H24N6O3S. The van der Waals surface area contributed by atoms with E-state index >= 15 is 0 Å². The van der Waals surface area contributed by atoms with Crippen LogP contribution in [0.15, 0.2) is 34.9 Å². The molecule has 1 aromatic carbocycles. The third-order valence-electron chi connectivity index (χ3n) is 5.07. The van der Waals surface area contributed by atoms with Gasteiger partial charge in [0.15, 0.2) is 0 Å². The lowest BCUT2D eigenvalue weighted by molar-refractivity contribution is 0.210. The minimum Gasteiger partial charge on any atom is -0.336 e. The van der Waals surface area contributed by atoms with E-state index in [1.165, 1.54) is 0 Å². The van der Waals surface area contributed by atoms with Crippen molar-refractivity contribution in [1.29, 1.82) is 0 Å². The molecular weight excluding hydrogens is 368 g/mol. The summed E-state index contributed by atoms with van der Waals surface area (Å²) in [6.45, 7) is 4.55. The molecule has 10 heteroatoms. The van der Waals surface area contributed by atoms with Crippen molar-refractivity contribution in [2.24, 2.45) is 0 Å². The molecule has 2 aliphatic rings. The highest BCUT2D eigenvalue weighted by Crippen LogP contribution is 2.22. The van der Waals surface area contributed by atoms with Gasteiger partial charge in [-0.25, -0.2) is 0 Å². The Balaban J connectivity index is 1.38. The average molecular weight is 392 g/mol. The summed E-state index contributed by atoms with van der Waals surface area (Å²) in [4.78, 5) is 8.56. The summed E-state index contributed by atoms with van der Waals surface area (Å²) in [5.74, 6) is 0.976. The van der Waals surface area contributed by atoms with Crippen LogP contribution in [0, 0.1) is 0 Å². The van der Waals surface area contributed by atoms with E-state index < -0.39 is 10.2 Å². The lowest BCUT2D eigenvalue weighted by atomic mass is 10.2. The molecule has 1 aromatic heterocycles. The van der Waals surface area contributed by atoms with Crippen LogP contribution in [0.1, 0.15) is 0 Å². The highest BCUT2D eigenvalue weighted by Gasteiger charge is 2.34. The molecule has 0 amide bonds. The van der Waals surface area contributed by atoms with Crippen LogP contribution in [0.2, 0.25) is 0 Å². The van der Waals surface area contributed by atoms with E-state index in [-0.39, 0.29) is 0 Å². The maximum Gasteiger partial charge on any atom is 0.282 e. The van der Waals surface area contributed by atoms with Crippen molar-refractivity contribution < 1.29 is 12.9 Å². The fourth-order valence-electron chi connectivity index (χ4n) is 3.34. The number of hydrogen-bond acceptors (Lipinski definition) is 7. The van der Waals surface area contributed by atoms with Gasteiger partial charge in [-0.2, -0.15) is 22.0 Å². The first kappa shape index (κ1) is 18.4. The smallest absolute Gasteiger partial charge is 0.282 e. The Kier molecular flexibility index (Phi) is 5.13. The summed E-state index contributed by atoms with van der Waals surface area (Å²) in [5, 5.41) is 4.06. The maximum atomic E-state index is 12.8. The van der Waals surface area contributed by atoms with Crippen molar-refractivity contribution in [1.82, 2.24) is 23.7 Å². The van der Waals surface area contributed by atoms with E-state index in [1.807, 2.05) is 42.3 Å². The standard InChI is InChI=1S/C17H24N6O3S/c1-20-7-11-22(12-8-20)27(24,25)23-13-9-21(10-14-23)17-18-16(26-19-17)15-5-3-2-4-6-15/h2-6H,7-14H2,1H3. The first-order chi connectivity index (χ1) is 13.0. The Bertz CT molecular complexity index is 856. The maximum absolute atomic E-state index is 12.8. The van der Waals surface area contributed by atoms with Gasteiger partial charge >= 0.3 is 0 Å². The van der Waals surface area contributed by atoms with Crippen LogP contribution in [0.25, 0.3) is 11.5 Å². The van der Waals surface area contributed by atoms with Gasteiger partial charge in [0.05, 0.1) is 0 Å². The van der Waals surface area contributed by atoms with Crippen LogP contribution in [-0.2, 0) is 10.2 Å². The van der Waals surface area contributed by atoms with Crippen LogP contribution in [-0.4, -0.2) is 91.5 Å². The highest BCUT2D eigenvalue weighted by molar-refractivity contribution is 7.86. The second-order valence-corrected chi connectivity index (χ2v) is 8.79. The number of anilines is 1. The zero-order valence-electron chi connectivity index (χ0n) is 15.4. The average Bonchev–Trinajstić information content (AvgIpc) is 3.19. The fraction of sp³-hybridized carbons (Fsp3) is 0.529. The molecule has 2 fully saturated rings. The summed E-state index contributed by atoms with van der Waals surface area (Å²) in [7, 11) is -1.39. The van der Waals surface area contributed by atoms with Crippen molar-refractivity contribution in [3.05, 3.63) is 30.3 Å². The summed E-state index contributed by atoms with van der Waals surface area (Å²) in [6.07, 6.45) is 0. The van der Waals surface area contributed by atoms with Gasteiger partial charge in [-0.15, -0.1) is 0 Å². The van der Waals surface area contributed by atoms with Crippen molar-refractivity contribution in [3.63, 3.8) is 0 Å². The molecule has 2 aromatic rings. The molecule has 0 bridgehead atoms. The van der Waals surface area contributed by atoms with Gasteiger partial charge in [0.2, 0.25) is 0 Å². The number of rotatable bonds is 4. The van der Waals surface area contributed by atoms with Gasteiger partial charge in [0, 0.05) is 57.9 Å². The molecule has 27 heavy (non-hydrogen) atoms. The Morgan fingerprint density at radius 2 is 1.48 bits per heavy atom.